The molecule has 0 aliphatic carbocycles. The summed E-state index contributed by atoms with van der Waals surface area (Å²) in [6.07, 6.45) is 1.63. The van der Waals surface area contributed by atoms with Crippen molar-refractivity contribution in [3.63, 3.8) is 0 Å². The topological polar surface area (TPSA) is 50.4 Å². The molecule has 5 nitrogen and oxygen atoms in total. The number of rotatable bonds is 6. The molecule has 2 aromatic heterocycles. The molecule has 2 heterocycles. The lowest BCUT2D eigenvalue weighted by Gasteiger charge is -2.22. The lowest BCUT2D eigenvalue weighted by molar-refractivity contribution is 0.0938. The van der Waals surface area contributed by atoms with E-state index < -0.39 is 0 Å². The molecular weight excluding hydrogens is 345 g/mol. The number of benzene rings is 1. The fraction of sp³-hybridized carbons (Fsp3) is 0.286. The second-order valence-corrected chi connectivity index (χ2v) is 6.80. The van der Waals surface area contributed by atoms with E-state index in [9.17, 15) is 9.18 Å². The Morgan fingerprint density at radius 1 is 1.22 bits per heavy atom. The molecule has 27 heavy (non-hydrogen) atoms. The Kier molecular flexibility index (Phi) is 5.46. The lowest BCUT2D eigenvalue weighted by Crippen LogP contribution is -2.34. The predicted octanol–water partition coefficient (Wildman–Crippen LogP) is 3.86. The summed E-state index contributed by atoms with van der Waals surface area (Å²) in [7, 11) is 3.89. The first-order valence-corrected chi connectivity index (χ1v) is 8.81. The molecule has 1 N–H and O–H groups in total. The summed E-state index contributed by atoms with van der Waals surface area (Å²) < 4.78 is 20.6. The molecule has 0 aliphatic heterocycles. The van der Waals surface area contributed by atoms with Crippen LogP contribution >= 0.6 is 0 Å². The van der Waals surface area contributed by atoms with Gasteiger partial charge in [-0.25, -0.2) is 4.39 Å². The van der Waals surface area contributed by atoms with Crippen LogP contribution in [-0.4, -0.2) is 36.0 Å². The number of amides is 1. The third kappa shape index (κ3) is 3.95. The molecular formula is C21H24FN3O2. The van der Waals surface area contributed by atoms with Gasteiger partial charge in [-0.1, -0.05) is 0 Å². The van der Waals surface area contributed by atoms with Crippen molar-refractivity contribution in [1.29, 1.82) is 0 Å². The first-order chi connectivity index (χ1) is 12.9. The zero-order valence-corrected chi connectivity index (χ0v) is 16.0. The maximum atomic E-state index is 13.2. The molecule has 0 fully saturated rings. The molecule has 1 atom stereocenters. The van der Waals surface area contributed by atoms with Crippen molar-refractivity contribution in [3.8, 4) is 5.69 Å². The SMILES string of the molecule is Cc1cc(C(=O)NCC(c2ccco2)N(C)C)c(C)n1-c1ccc(F)cc1. The fourth-order valence-electron chi connectivity index (χ4n) is 3.28. The van der Waals surface area contributed by atoms with E-state index in [2.05, 4.69) is 5.32 Å². The summed E-state index contributed by atoms with van der Waals surface area (Å²) in [5.41, 5.74) is 3.16. The highest BCUT2D eigenvalue weighted by Crippen LogP contribution is 2.22. The minimum atomic E-state index is -0.285. The third-order valence-electron chi connectivity index (χ3n) is 4.71. The van der Waals surface area contributed by atoms with Crippen molar-refractivity contribution in [2.45, 2.75) is 19.9 Å². The molecule has 3 aromatic rings. The first kappa shape index (κ1) is 18.9. The summed E-state index contributed by atoms with van der Waals surface area (Å²) in [4.78, 5) is 14.8. The molecule has 3 rings (SSSR count). The van der Waals surface area contributed by atoms with Gasteiger partial charge in [0.15, 0.2) is 0 Å². The zero-order valence-electron chi connectivity index (χ0n) is 16.0. The van der Waals surface area contributed by atoms with Gasteiger partial charge in [-0.2, -0.15) is 0 Å². The molecule has 1 amide bonds. The van der Waals surface area contributed by atoms with Crippen LogP contribution in [0.3, 0.4) is 0 Å². The van der Waals surface area contributed by atoms with Gasteiger partial charge in [-0.15, -0.1) is 0 Å². The Labute approximate surface area is 158 Å². The standard InChI is InChI=1S/C21H24FN3O2/c1-14-12-18(15(2)25(14)17-9-7-16(22)8-10-17)21(26)23-13-19(24(3)4)20-6-5-11-27-20/h5-12,19H,13H2,1-4H3,(H,23,26). The Balaban J connectivity index is 1.79. The van der Waals surface area contributed by atoms with Crippen molar-refractivity contribution < 1.29 is 13.6 Å². The van der Waals surface area contributed by atoms with Crippen LogP contribution in [0.15, 0.2) is 53.1 Å². The van der Waals surface area contributed by atoms with Crippen LogP contribution in [0.25, 0.3) is 5.69 Å². The van der Waals surface area contributed by atoms with Gasteiger partial charge in [-0.05, 0) is 70.4 Å². The zero-order chi connectivity index (χ0) is 19.6. The van der Waals surface area contributed by atoms with E-state index in [1.807, 2.05) is 55.6 Å². The maximum absolute atomic E-state index is 13.2. The molecule has 1 aromatic carbocycles. The third-order valence-corrected chi connectivity index (χ3v) is 4.71. The van der Waals surface area contributed by atoms with Gasteiger partial charge in [0.25, 0.3) is 5.91 Å². The van der Waals surface area contributed by atoms with Crippen LogP contribution < -0.4 is 5.32 Å². The average Bonchev–Trinajstić information content (AvgIpc) is 3.24. The molecule has 0 radical (unpaired) electrons. The van der Waals surface area contributed by atoms with E-state index in [-0.39, 0.29) is 17.8 Å². The maximum Gasteiger partial charge on any atom is 0.253 e. The van der Waals surface area contributed by atoms with Crippen molar-refractivity contribution in [3.05, 3.63) is 77.3 Å². The molecule has 0 saturated heterocycles. The summed E-state index contributed by atoms with van der Waals surface area (Å²) in [5, 5.41) is 3.00. The smallest absolute Gasteiger partial charge is 0.253 e. The number of aryl methyl sites for hydroxylation is 1. The van der Waals surface area contributed by atoms with Crippen molar-refractivity contribution in [2.24, 2.45) is 0 Å². The van der Waals surface area contributed by atoms with Crippen LogP contribution in [0.1, 0.15) is 33.5 Å². The Bertz CT molecular complexity index is 912. The second kappa shape index (κ2) is 7.80. The van der Waals surface area contributed by atoms with Gasteiger partial charge in [0, 0.05) is 23.6 Å². The minimum Gasteiger partial charge on any atom is -0.468 e. The molecule has 142 valence electrons. The van der Waals surface area contributed by atoms with Crippen LogP contribution in [0.2, 0.25) is 0 Å². The highest BCUT2D eigenvalue weighted by Gasteiger charge is 2.21. The molecule has 0 spiro atoms. The van der Waals surface area contributed by atoms with Gasteiger partial charge in [0.2, 0.25) is 0 Å². The predicted molar refractivity (Wildman–Crippen MR) is 103 cm³/mol. The monoisotopic (exact) mass is 369 g/mol. The quantitative estimate of drug-likeness (QED) is 0.718. The number of hydrogen-bond donors (Lipinski definition) is 1. The van der Waals surface area contributed by atoms with Crippen molar-refractivity contribution in [2.75, 3.05) is 20.6 Å². The minimum absolute atomic E-state index is 0.0514. The van der Waals surface area contributed by atoms with E-state index in [4.69, 9.17) is 4.42 Å². The van der Waals surface area contributed by atoms with Crippen LogP contribution in [0.5, 0.6) is 0 Å². The number of halogens is 1. The molecule has 0 saturated carbocycles. The van der Waals surface area contributed by atoms with Gasteiger partial charge >= 0.3 is 0 Å². The van der Waals surface area contributed by atoms with Gasteiger partial charge in [-0.3, -0.25) is 9.69 Å². The van der Waals surface area contributed by atoms with Gasteiger partial charge < -0.3 is 14.3 Å². The van der Waals surface area contributed by atoms with Crippen LogP contribution in [0, 0.1) is 19.7 Å². The first-order valence-electron chi connectivity index (χ1n) is 8.81. The lowest BCUT2D eigenvalue weighted by atomic mass is 10.2. The number of carbonyl (C=O) groups is 1. The van der Waals surface area contributed by atoms with Gasteiger partial charge in [0.1, 0.15) is 11.6 Å². The number of nitrogens with zero attached hydrogens (tertiary/aromatic N) is 2. The van der Waals surface area contributed by atoms with E-state index in [1.165, 1.54) is 12.1 Å². The Morgan fingerprint density at radius 2 is 1.93 bits per heavy atom. The Hall–Kier alpha value is -2.86. The van der Waals surface area contributed by atoms with E-state index in [1.54, 1.807) is 18.4 Å². The van der Waals surface area contributed by atoms with Crippen LogP contribution in [0.4, 0.5) is 4.39 Å². The number of hydrogen-bond acceptors (Lipinski definition) is 3. The van der Waals surface area contributed by atoms with Crippen molar-refractivity contribution in [1.82, 2.24) is 14.8 Å². The number of nitrogens with one attached hydrogen (secondary N) is 1. The summed E-state index contributed by atoms with van der Waals surface area (Å²) >= 11 is 0. The summed E-state index contributed by atoms with van der Waals surface area (Å²) in [6, 6.07) is 11.8. The number of likely N-dealkylation sites (N-methyl/N-ethyl adjacent to an activating group) is 1. The Morgan fingerprint density at radius 3 is 2.52 bits per heavy atom. The van der Waals surface area contributed by atoms with Gasteiger partial charge in [0.05, 0.1) is 17.9 Å². The van der Waals surface area contributed by atoms with Crippen molar-refractivity contribution >= 4 is 5.91 Å². The van der Waals surface area contributed by atoms with E-state index in [0.29, 0.717) is 12.1 Å². The molecule has 1 unspecified atom stereocenters. The summed E-state index contributed by atoms with van der Waals surface area (Å²) in [5.74, 6) is 0.374. The van der Waals surface area contributed by atoms with Crippen LogP contribution in [-0.2, 0) is 0 Å². The fourth-order valence-corrected chi connectivity index (χ4v) is 3.28. The molecule has 6 heteroatoms. The van der Waals surface area contributed by atoms with E-state index in [0.717, 1.165) is 22.8 Å². The van der Waals surface area contributed by atoms with E-state index >= 15 is 0 Å². The number of furan rings is 1. The highest BCUT2D eigenvalue weighted by atomic mass is 19.1. The largest absolute Gasteiger partial charge is 0.468 e. The average molecular weight is 369 g/mol. The molecule has 0 bridgehead atoms. The normalized spacial score (nSPS) is 12.4. The number of aromatic nitrogens is 1. The second-order valence-electron chi connectivity index (χ2n) is 6.80. The summed E-state index contributed by atoms with van der Waals surface area (Å²) in [6.45, 7) is 4.25. The molecule has 0 aliphatic rings. The highest BCUT2D eigenvalue weighted by molar-refractivity contribution is 5.96. The number of carbonyl (C=O) groups excluding carboxylic acids is 1.